The van der Waals surface area contributed by atoms with Gasteiger partial charge in [0.05, 0.1) is 5.02 Å². The van der Waals surface area contributed by atoms with Gasteiger partial charge in [0, 0.05) is 55.5 Å². The monoisotopic (exact) mass is 395 g/mol. The number of hydrogen-bond donors (Lipinski definition) is 2. The third-order valence-corrected chi connectivity index (χ3v) is 6.27. The third-order valence-electron chi connectivity index (χ3n) is 5.88. The summed E-state index contributed by atoms with van der Waals surface area (Å²) in [5.74, 6) is 0.906. The smallest absolute Gasteiger partial charge is 0.271 e. The summed E-state index contributed by atoms with van der Waals surface area (Å²) in [6.45, 7) is 2.89. The lowest BCUT2D eigenvalue weighted by atomic mass is 9.90. The lowest BCUT2D eigenvalue weighted by Gasteiger charge is -2.41. The van der Waals surface area contributed by atoms with Crippen LogP contribution in [0.5, 0.6) is 5.75 Å². The highest BCUT2D eigenvalue weighted by molar-refractivity contribution is 6.38. The van der Waals surface area contributed by atoms with Crippen molar-refractivity contribution in [3.8, 4) is 5.75 Å². The molecule has 1 amide bonds. The van der Waals surface area contributed by atoms with E-state index in [2.05, 4.69) is 16.4 Å². The van der Waals surface area contributed by atoms with E-state index in [1.54, 1.807) is 0 Å². The van der Waals surface area contributed by atoms with Crippen LogP contribution in [0.4, 0.5) is 0 Å². The lowest BCUT2D eigenvalue weighted by Crippen LogP contribution is -2.53. The summed E-state index contributed by atoms with van der Waals surface area (Å²) >= 11 is 6.48. The number of rotatable bonds is 1. The minimum Gasteiger partial charge on any atom is -0.485 e. The van der Waals surface area contributed by atoms with Crippen LogP contribution >= 0.6 is 11.6 Å². The molecule has 1 aromatic heterocycles. The number of nitrogens with zero attached hydrogens (tertiary/aromatic N) is 1. The van der Waals surface area contributed by atoms with Gasteiger partial charge in [0.2, 0.25) is 0 Å². The van der Waals surface area contributed by atoms with E-state index < -0.39 is 0 Å². The summed E-state index contributed by atoms with van der Waals surface area (Å²) in [7, 11) is 0. The highest BCUT2D eigenvalue weighted by atomic mass is 35.5. The van der Waals surface area contributed by atoms with E-state index >= 15 is 0 Å². The lowest BCUT2D eigenvalue weighted by molar-refractivity contribution is 0.00752. The molecule has 0 bridgehead atoms. The number of piperidine rings is 1. The van der Waals surface area contributed by atoms with E-state index in [4.69, 9.17) is 16.3 Å². The molecule has 1 fully saturated rings. The molecule has 0 radical (unpaired) electrons. The summed E-state index contributed by atoms with van der Waals surface area (Å²) in [5.41, 5.74) is 2.28. The first-order chi connectivity index (χ1) is 13.7. The van der Waals surface area contributed by atoms with Crippen molar-refractivity contribution in [2.75, 3.05) is 19.6 Å². The summed E-state index contributed by atoms with van der Waals surface area (Å²) in [6, 6.07) is 15.9. The molecule has 1 spiro atoms. The minimum absolute atomic E-state index is 0.0435. The van der Waals surface area contributed by atoms with Crippen LogP contribution in [0.15, 0.2) is 48.5 Å². The van der Waals surface area contributed by atoms with Crippen LogP contribution in [0.3, 0.4) is 0 Å². The van der Waals surface area contributed by atoms with Gasteiger partial charge in [-0.05, 0) is 12.1 Å². The summed E-state index contributed by atoms with van der Waals surface area (Å²) < 4.78 is 6.46. The number of H-pyrrole nitrogens is 1. The Morgan fingerprint density at radius 2 is 1.82 bits per heavy atom. The van der Waals surface area contributed by atoms with Crippen molar-refractivity contribution in [1.82, 2.24) is 15.2 Å². The van der Waals surface area contributed by atoms with Crippen molar-refractivity contribution in [2.45, 2.75) is 25.0 Å². The molecule has 0 aliphatic carbocycles. The first kappa shape index (κ1) is 17.6. The number of ether oxygens (including phenoxy) is 1. The number of likely N-dealkylation sites (tertiary alicyclic amines) is 1. The Balaban J connectivity index is 1.34. The SMILES string of the molecule is O=C(c1[nH]c2ccccc2c1Cl)N1CCC2(CC1)CNCc1ccccc1O2. The van der Waals surface area contributed by atoms with Gasteiger partial charge in [-0.15, -0.1) is 0 Å². The van der Waals surface area contributed by atoms with Crippen LogP contribution < -0.4 is 10.1 Å². The maximum atomic E-state index is 13.1. The predicted octanol–water partition coefficient (Wildman–Crippen LogP) is 3.98. The van der Waals surface area contributed by atoms with Crippen LogP contribution in [-0.4, -0.2) is 41.0 Å². The van der Waals surface area contributed by atoms with Crippen LogP contribution in [0.1, 0.15) is 28.9 Å². The van der Waals surface area contributed by atoms with Crippen molar-refractivity contribution in [3.05, 3.63) is 64.8 Å². The third kappa shape index (κ3) is 2.95. The van der Waals surface area contributed by atoms with Crippen LogP contribution in [0, 0.1) is 0 Å². The fourth-order valence-electron chi connectivity index (χ4n) is 4.25. The first-order valence-electron chi connectivity index (χ1n) is 9.68. The molecule has 144 valence electrons. The van der Waals surface area contributed by atoms with Crippen molar-refractivity contribution < 1.29 is 9.53 Å². The quantitative estimate of drug-likeness (QED) is 0.655. The average molecular weight is 396 g/mol. The topological polar surface area (TPSA) is 57.4 Å². The molecule has 2 aromatic carbocycles. The zero-order valence-electron chi connectivity index (χ0n) is 15.5. The number of aromatic nitrogens is 1. The Bertz CT molecular complexity index is 1040. The molecule has 1 saturated heterocycles. The first-order valence-corrected chi connectivity index (χ1v) is 10.1. The zero-order valence-corrected chi connectivity index (χ0v) is 16.3. The molecule has 2 aliphatic heterocycles. The van der Waals surface area contributed by atoms with Gasteiger partial charge in [0.15, 0.2) is 0 Å². The van der Waals surface area contributed by atoms with Crippen molar-refractivity contribution in [2.24, 2.45) is 0 Å². The molecule has 0 saturated carbocycles. The van der Waals surface area contributed by atoms with E-state index in [9.17, 15) is 4.79 Å². The summed E-state index contributed by atoms with van der Waals surface area (Å²) in [4.78, 5) is 18.1. The highest BCUT2D eigenvalue weighted by Gasteiger charge is 2.40. The van der Waals surface area contributed by atoms with Gasteiger partial charge in [0.1, 0.15) is 17.0 Å². The number of halogens is 1. The van der Waals surface area contributed by atoms with Crippen LogP contribution in [0.25, 0.3) is 10.9 Å². The number of amides is 1. The maximum Gasteiger partial charge on any atom is 0.271 e. The van der Waals surface area contributed by atoms with E-state index in [0.29, 0.717) is 23.8 Å². The largest absolute Gasteiger partial charge is 0.485 e. The molecular formula is C22H22ClN3O2. The fourth-order valence-corrected chi connectivity index (χ4v) is 4.55. The summed E-state index contributed by atoms with van der Waals surface area (Å²) in [6.07, 6.45) is 1.58. The van der Waals surface area contributed by atoms with Crippen LogP contribution in [0.2, 0.25) is 5.02 Å². The Kier molecular flexibility index (Phi) is 4.29. The number of fused-ring (bicyclic) bond motifs is 2. The number of para-hydroxylation sites is 2. The van der Waals surface area contributed by atoms with Gasteiger partial charge < -0.3 is 19.9 Å². The number of benzene rings is 2. The Morgan fingerprint density at radius 1 is 1.07 bits per heavy atom. The molecule has 0 unspecified atom stereocenters. The van der Waals surface area contributed by atoms with Crippen molar-refractivity contribution in [3.63, 3.8) is 0 Å². The molecule has 2 aliphatic rings. The average Bonchev–Trinajstić information content (AvgIpc) is 2.95. The molecule has 3 aromatic rings. The van der Waals surface area contributed by atoms with E-state index in [1.165, 1.54) is 5.56 Å². The maximum absolute atomic E-state index is 13.1. The van der Waals surface area contributed by atoms with Gasteiger partial charge in [-0.3, -0.25) is 4.79 Å². The fraction of sp³-hybridized carbons (Fsp3) is 0.318. The molecule has 3 heterocycles. The second-order valence-corrected chi connectivity index (χ2v) is 8.03. The Morgan fingerprint density at radius 3 is 2.64 bits per heavy atom. The number of nitrogens with one attached hydrogen (secondary N) is 2. The Labute approximate surface area is 168 Å². The van der Waals surface area contributed by atoms with Gasteiger partial charge in [-0.2, -0.15) is 0 Å². The predicted molar refractivity (Wildman–Crippen MR) is 110 cm³/mol. The van der Waals surface area contributed by atoms with E-state index in [0.717, 1.165) is 42.6 Å². The van der Waals surface area contributed by atoms with Crippen molar-refractivity contribution >= 4 is 28.4 Å². The second kappa shape index (κ2) is 6.83. The standard InChI is InChI=1S/C22H22ClN3O2/c23-19-16-6-2-3-7-17(16)25-20(19)21(27)26-11-9-22(10-12-26)14-24-13-15-5-1-4-8-18(15)28-22/h1-8,24-25H,9-14H2. The van der Waals surface area contributed by atoms with Gasteiger partial charge in [0.25, 0.3) is 5.91 Å². The molecular weight excluding hydrogens is 374 g/mol. The number of carbonyl (C=O) groups is 1. The normalized spacial score (nSPS) is 18.5. The van der Waals surface area contributed by atoms with E-state index in [-0.39, 0.29) is 11.5 Å². The van der Waals surface area contributed by atoms with Crippen LogP contribution in [-0.2, 0) is 6.54 Å². The molecule has 2 N–H and O–H groups in total. The number of aromatic amines is 1. The minimum atomic E-state index is -0.270. The number of carbonyl (C=O) groups excluding carboxylic acids is 1. The molecule has 0 atom stereocenters. The zero-order chi connectivity index (χ0) is 19.1. The molecule has 5 nitrogen and oxygen atoms in total. The Hall–Kier alpha value is -2.50. The molecule has 6 heteroatoms. The van der Waals surface area contributed by atoms with Gasteiger partial charge >= 0.3 is 0 Å². The van der Waals surface area contributed by atoms with E-state index in [1.807, 2.05) is 47.4 Å². The second-order valence-electron chi connectivity index (χ2n) is 7.65. The molecule has 5 rings (SSSR count). The van der Waals surface area contributed by atoms with Gasteiger partial charge in [-0.1, -0.05) is 48.0 Å². The van der Waals surface area contributed by atoms with Crippen molar-refractivity contribution in [1.29, 1.82) is 0 Å². The highest BCUT2D eigenvalue weighted by Crippen LogP contribution is 2.34. The number of hydrogen-bond acceptors (Lipinski definition) is 3. The summed E-state index contributed by atoms with van der Waals surface area (Å²) in [5, 5.41) is 4.90. The van der Waals surface area contributed by atoms with Gasteiger partial charge in [-0.25, -0.2) is 0 Å². The molecule has 28 heavy (non-hydrogen) atoms.